The van der Waals surface area contributed by atoms with Crippen LogP contribution in [0.5, 0.6) is 11.5 Å². The molecular weight excluding hydrogens is 366 g/mol. The Hall–Kier alpha value is -2.25. The van der Waals surface area contributed by atoms with Crippen molar-refractivity contribution in [3.63, 3.8) is 0 Å². The third kappa shape index (κ3) is 5.93. The molecule has 2 aromatic carbocycles. The van der Waals surface area contributed by atoms with E-state index in [1.807, 2.05) is 49.4 Å². The molecule has 26 heavy (non-hydrogen) atoms. The van der Waals surface area contributed by atoms with Crippen molar-refractivity contribution in [2.45, 2.75) is 17.8 Å². The minimum absolute atomic E-state index is 0.616. The van der Waals surface area contributed by atoms with Crippen molar-refractivity contribution >= 4 is 28.2 Å². The molecule has 0 radical (unpaired) electrons. The quantitative estimate of drug-likeness (QED) is 0.401. The highest BCUT2D eigenvalue weighted by Crippen LogP contribution is 2.26. The normalized spacial score (nSPS) is 10.5. The lowest BCUT2D eigenvalue weighted by atomic mass is 10.2. The number of anilines is 1. The van der Waals surface area contributed by atoms with E-state index in [0.717, 1.165) is 33.3 Å². The van der Waals surface area contributed by atoms with Crippen LogP contribution >= 0.6 is 23.1 Å². The smallest absolute Gasteiger partial charge is 0.206 e. The van der Waals surface area contributed by atoms with E-state index in [1.54, 1.807) is 23.1 Å². The molecule has 0 aliphatic rings. The summed E-state index contributed by atoms with van der Waals surface area (Å²) in [7, 11) is 0. The zero-order chi connectivity index (χ0) is 18.0. The Morgan fingerprint density at radius 2 is 1.69 bits per heavy atom. The summed E-state index contributed by atoms with van der Waals surface area (Å²) in [5, 5.41) is 12.5. The summed E-state index contributed by atoms with van der Waals surface area (Å²) in [5.41, 5.74) is 1.22. The summed E-state index contributed by atoms with van der Waals surface area (Å²) in [6.45, 7) is 4.00. The van der Waals surface area contributed by atoms with Crippen LogP contribution in [0, 0.1) is 0 Å². The van der Waals surface area contributed by atoms with Crippen molar-refractivity contribution in [3.8, 4) is 11.5 Å². The summed E-state index contributed by atoms with van der Waals surface area (Å²) < 4.78 is 12.1. The van der Waals surface area contributed by atoms with Gasteiger partial charge in [-0.2, -0.15) is 0 Å². The molecule has 136 valence electrons. The molecule has 1 N–H and O–H groups in total. The van der Waals surface area contributed by atoms with E-state index >= 15 is 0 Å². The van der Waals surface area contributed by atoms with Crippen molar-refractivity contribution in [2.24, 2.45) is 0 Å². The summed E-state index contributed by atoms with van der Waals surface area (Å²) in [4.78, 5) is 0. The van der Waals surface area contributed by atoms with Crippen LogP contribution in [0.4, 0.5) is 5.13 Å². The van der Waals surface area contributed by atoms with E-state index in [0.29, 0.717) is 13.2 Å². The van der Waals surface area contributed by atoms with Crippen molar-refractivity contribution < 1.29 is 9.47 Å². The maximum atomic E-state index is 5.74. The van der Waals surface area contributed by atoms with Crippen LogP contribution in [-0.2, 0) is 6.54 Å². The maximum absolute atomic E-state index is 5.74. The van der Waals surface area contributed by atoms with Crippen LogP contribution in [-0.4, -0.2) is 29.2 Å². The van der Waals surface area contributed by atoms with Gasteiger partial charge in [-0.25, -0.2) is 0 Å². The van der Waals surface area contributed by atoms with E-state index in [4.69, 9.17) is 9.47 Å². The van der Waals surface area contributed by atoms with Gasteiger partial charge in [0.15, 0.2) is 4.34 Å². The highest BCUT2D eigenvalue weighted by atomic mass is 32.2. The van der Waals surface area contributed by atoms with Gasteiger partial charge in [0.25, 0.3) is 0 Å². The van der Waals surface area contributed by atoms with E-state index in [9.17, 15) is 0 Å². The molecule has 0 unspecified atom stereocenters. The zero-order valence-corrected chi connectivity index (χ0v) is 16.2. The zero-order valence-electron chi connectivity index (χ0n) is 14.6. The molecule has 0 atom stereocenters. The average Bonchev–Trinajstić information content (AvgIpc) is 3.14. The minimum atomic E-state index is 0.616. The number of hydrogen-bond donors (Lipinski definition) is 1. The first-order valence-corrected chi connectivity index (χ1v) is 10.2. The molecule has 0 spiro atoms. The second-order valence-corrected chi connectivity index (χ2v) is 7.63. The van der Waals surface area contributed by atoms with Gasteiger partial charge in [0.1, 0.15) is 11.5 Å². The molecule has 0 fully saturated rings. The lowest BCUT2D eigenvalue weighted by Crippen LogP contribution is -2.00. The van der Waals surface area contributed by atoms with Gasteiger partial charge in [-0.15, -0.1) is 10.2 Å². The molecule has 0 bridgehead atoms. The van der Waals surface area contributed by atoms with Crippen molar-refractivity contribution in [3.05, 3.63) is 60.2 Å². The van der Waals surface area contributed by atoms with Crippen molar-refractivity contribution in [1.82, 2.24) is 10.2 Å². The fourth-order valence-electron chi connectivity index (χ4n) is 2.20. The predicted octanol–water partition coefficient (Wildman–Crippen LogP) is 4.72. The number of benzene rings is 2. The van der Waals surface area contributed by atoms with Gasteiger partial charge in [-0.1, -0.05) is 53.4 Å². The molecule has 5 nitrogen and oxygen atoms in total. The van der Waals surface area contributed by atoms with Crippen molar-refractivity contribution in [1.29, 1.82) is 0 Å². The van der Waals surface area contributed by atoms with Crippen LogP contribution in [0.2, 0.25) is 0 Å². The van der Waals surface area contributed by atoms with E-state index < -0.39 is 0 Å². The van der Waals surface area contributed by atoms with Crippen molar-refractivity contribution in [2.75, 3.05) is 24.3 Å². The van der Waals surface area contributed by atoms with Gasteiger partial charge in [0.2, 0.25) is 5.13 Å². The Morgan fingerprint density at radius 3 is 2.42 bits per heavy atom. The van der Waals surface area contributed by atoms with E-state index in [-0.39, 0.29) is 0 Å². The number of ether oxygens (including phenoxy) is 2. The van der Waals surface area contributed by atoms with Crippen LogP contribution in [0.1, 0.15) is 12.5 Å². The average molecular weight is 388 g/mol. The Kier molecular flexibility index (Phi) is 7.15. The number of aromatic nitrogens is 2. The topological polar surface area (TPSA) is 56.3 Å². The third-order valence-corrected chi connectivity index (χ3v) is 5.38. The van der Waals surface area contributed by atoms with E-state index in [2.05, 4.69) is 27.6 Å². The second kappa shape index (κ2) is 10.0. The number of rotatable bonds is 10. The molecule has 1 heterocycles. The Bertz CT molecular complexity index is 779. The van der Waals surface area contributed by atoms with E-state index in [1.165, 1.54) is 5.56 Å². The van der Waals surface area contributed by atoms with Crippen LogP contribution in [0.15, 0.2) is 58.9 Å². The third-order valence-electron chi connectivity index (χ3n) is 3.41. The molecular formula is C19H21N3O2S2. The SMILES string of the molecule is CCOc1ccc(OCCSc2nnc(NCc3ccccc3)s2)cc1. The fraction of sp³-hybridized carbons (Fsp3) is 0.263. The molecule has 0 amide bonds. The summed E-state index contributed by atoms with van der Waals surface area (Å²) >= 11 is 3.21. The molecule has 0 aliphatic heterocycles. The van der Waals surface area contributed by atoms with Gasteiger partial charge in [0, 0.05) is 12.3 Å². The first-order valence-electron chi connectivity index (χ1n) is 8.43. The van der Waals surface area contributed by atoms with Crippen LogP contribution in [0.3, 0.4) is 0 Å². The molecule has 0 saturated carbocycles. The maximum Gasteiger partial charge on any atom is 0.206 e. The first-order chi connectivity index (χ1) is 12.8. The number of hydrogen-bond acceptors (Lipinski definition) is 7. The summed E-state index contributed by atoms with van der Waals surface area (Å²) in [6, 6.07) is 17.9. The number of nitrogens with zero attached hydrogens (tertiary/aromatic N) is 2. The summed E-state index contributed by atoms with van der Waals surface area (Å²) in [5.74, 6) is 2.52. The number of nitrogens with one attached hydrogen (secondary N) is 1. The Morgan fingerprint density at radius 1 is 0.962 bits per heavy atom. The largest absolute Gasteiger partial charge is 0.494 e. The highest BCUT2D eigenvalue weighted by Gasteiger charge is 2.05. The molecule has 1 aromatic heterocycles. The fourth-order valence-corrected chi connectivity index (χ4v) is 3.84. The Balaban J connectivity index is 1.36. The summed E-state index contributed by atoms with van der Waals surface area (Å²) in [6.07, 6.45) is 0. The monoisotopic (exact) mass is 387 g/mol. The molecule has 7 heteroatoms. The standard InChI is InChI=1S/C19H21N3O2S2/c1-2-23-16-8-10-17(11-9-16)24-12-13-25-19-22-21-18(26-19)20-14-15-6-4-3-5-7-15/h3-11H,2,12-14H2,1H3,(H,20,21). The predicted molar refractivity (Wildman–Crippen MR) is 108 cm³/mol. The van der Waals surface area contributed by atoms with Gasteiger partial charge < -0.3 is 14.8 Å². The first kappa shape index (κ1) is 18.5. The molecule has 3 rings (SSSR count). The van der Waals surface area contributed by atoms with Gasteiger partial charge >= 0.3 is 0 Å². The second-order valence-electron chi connectivity index (χ2n) is 5.31. The van der Waals surface area contributed by atoms with Gasteiger partial charge in [0.05, 0.1) is 13.2 Å². The number of thioether (sulfide) groups is 1. The molecule has 0 saturated heterocycles. The van der Waals surface area contributed by atoms with Crippen LogP contribution < -0.4 is 14.8 Å². The van der Waals surface area contributed by atoms with Gasteiger partial charge in [-0.05, 0) is 36.8 Å². The highest BCUT2D eigenvalue weighted by molar-refractivity contribution is 8.01. The lowest BCUT2D eigenvalue weighted by molar-refractivity contribution is 0.332. The lowest BCUT2D eigenvalue weighted by Gasteiger charge is -2.06. The van der Waals surface area contributed by atoms with Crippen LogP contribution in [0.25, 0.3) is 0 Å². The molecule has 3 aromatic rings. The van der Waals surface area contributed by atoms with Gasteiger partial charge in [-0.3, -0.25) is 0 Å². The minimum Gasteiger partial charge on any atom is -0.494 e. The Labute approximate surface area is 161 Å². The molecule has 0 aliphatic carbocycles.